The maximum absolute atomic E-state index is 13.8. The van der Waals surface area contributed by atoms with Crippen molar-refractivity contribution in [1.29, 1.82) is 0 Å². The molecule has 1 fully saturated rings. The summed E-state index contributed by atoms with van der Waals surface area (Å²) in [6, 6.07) is 23.5. The average Bonchev–Trinajstić information content (AvgIpc) is 2.96. The van der Waals surface area contributed by atoms with E-state index in [-0.39, 0.29) is 49.8 Å². The van der Waals surface area contributed by atoms with E-state index in [0.717, 1.165) is 21.9 Å². The van der Waals surface area contributed by atoms with Crippen molar-refractivity contribution in [2.75, 3.05) is 32.8 Å². The van der Waals surface area contributed by atoms with Crippen LogP contribution in [0, 0.1) is 11.8 Å². The average molecular weight is 531 g/mol. The lowest BCUT2D eigenvalue weighted by Crippen LogP contribution is -2.47. The molecule has 0 unspecified atom stereocenters. The van der Waals surface area contributed by atoms with Crippen molar-refractivity contribution >= 4 is 28.6 Å². The second kappa shape index (κ2) is 13.9. The molecule has 1 heterocycles. The summed E-state index contributed by atoms with van der Waals surface area (Å²) in [5.74, 6) is -1.11. The van der Waals surface area contributed by atoms with Crippen molar-refractivity contribution in [2.45, 2.75) is 39.8 Å². The van der Waals surface area contributed by atoms with Crippen LogP contribution >= 0.6 is 0 Å². The molecule has 0 N–H and O–H groups in total. The van der Waals surface area contributed by atoms with Gasteiger partial charge < -0.3 is 19.3 Å². The van der Waals surface area contributed by atoms with Crippen LogP contribution in [0.4, 0.5) is 0 Å². The minimum Gasteiger partial charge on any atom is -0.461 e. The summed E-state index contributed by atoms with van der Waals surface area (Å²) in [4.78, 5) is 43.5. The second-order valence-corrected chi connectivity index (χ2v) is 10.5. The molecule has 7 nitrogen and oxygen atoms in total. The Hall–Kier alpha value is -3.71. The zero-order valence-electron chi connectivity index (χ0n) is 22.9. The third kappa shape index (κ3) is 8.14. The zero-order valence-corrected chi connectivity index (χ0v) is 22.9. The van der Waals surface area contributed by atoms with Crippen molar-refractivity contribution in [1.82, 2.24) is 9.80 Å². The highest BCUT2D eigenvalue weighted by Crippen LogP contribution is 2.23. The summed E-state index contributed by atoms with van der Waals surface area (Å²) in [7, 11) is 0. The Morgan fingerprint density at radius 2 is 1.62 bits per heavy atom. The van der Waals surface area contributed by atoms with Crippen LogP contribution in [0.5, 0.6) is 0 Å². The van der Waals surface area contributed by atoms with Gasteiger partial charge in [-0.2, -0.15) is 0 Å². The molecule has 7 heteroatoms. The van der Waals surface area contributed by atoms with E-state index in [0.29, 0.717) is 32.7 Å². The molecule has 0 radical (unpaired) electrons. The molecule has 3 aromatic rings. The van der Waals surface area contributed by atoms with Gasteiger partial charge in [0.25, 0.3) is 0 Å². The van der Waals surface area contributed by atoms with Crippen LogP contribution in [0.3, 0.4) is 0 Å². The molecule has 39 heavy (non-hydrogen) atoms. The fourth-order valence-electron chi connectivity index (χ4n) is 4.96. The van der Waals surface area contributed by atoms with Crippen molar-refractivity contribution in [3.05, 3.63) is 83.9 Å². The molecular weight excluding hydrogens is 492 g/mol. The zero-order chi connectivity index (χ0) is 27.6. The summed E-state index contributed by atoms with van der Waals surface area (Å²) in [5, 5.41) is 2.11. The fourth-order valence-corrected chi connectivity index (χ4v) is 4.96. The number of ether oxygens (including phenoxy) is 2. The van der Waals surface area contributed by atoms with Crippen molar-refractivity contribution < 1.29 is 23.9 Å². The van der Waals surface area contributed by atoms with Crippen molar-refractivity contribution in [2.24, 2.45) is 11.8 Å². The quantitative estimate of drug-likeness (QED) is 0.332. The van der Waals surface area contributed by atoms with Gasteiger partial charge in [0.05, 0.1) is 19.1 Å². The summed E-state index contributed by atoms with van der Waals surface area (Å²) in [5.41, 5.74) is 1.86. The van der Waals surface area contributed by atoms with Gasteiger partial charge in [-0.3, -0.25) is 14.4 Å². The summed E-state index contributed by atoms with van der Waals surface area (Å²) >= 11 is 0. The smallest absolute Gasteiger partial charge is 0.309 e. The number of carbonyl (C=O) groups is 3. The summed E-state index contributed by atoms with van der Waals surface area (Å²) < 4.78 is 11.0. The minimum atomic E-state index is -0.588. The van der Waals surface area contributed by atoms with Crippen molar-refractivity contribution in [3.63, 3.8) is 0 Å². The summed E-state index contributed by atoms with van der Waals surface area (Å²) in [6.45, 7) is 6.46. The van der Waals surface area contributed by atoms with Crippen molar-refractivity contribution in [3.8, 4) is 0 Å². The van der Waals surface area contributed by atoms with E-state index in [2.05, 4.69) is 0 Å². The molecule has 1 atom stereocenters. The molecule has 206 valence electrons. The highest BCUT2D eigenvalue weighted by Gasteiger charge is 2.29. The second-order valence-electron chi connectivity index (χ2n) is 10.5. The Balaban J connectivity index is 1.52. The molecular formula is C32H38N2O5. The van der Waals surface area contributed by atoms with Crippen LogP contribution in [-0.2, 0) is 37.0 Å². The number of nitrogens with zero attached hydrogens (tertiary/aromatic N) is 2. The SMILES string of the molecule is CC(C)C[C@H](CC(=O)N(CC(=O)N1CCOCC1)Cc1cccc2ccccc12)C(=O)OCc1ccccc1. The van der Waals surface area contributed by atoms with Gasteiger partial charge in [0.2, 0.25) is 11.8 Å². The number of esters is 1. The van der Waals surface area contributed by atoms with Gasteiger partial charge in [0.15, 0.2) is 0 Å². The normalized spacial score (nSPS) is 14.3. The fraction of sp³-hybridized carbons (Fsp3) is 0.406. The summed E-state index contributed by atoms with van der Waals surface area (Å²) in [6.07, 6.45) is 0.520. The lowest BCUT2D eigenvalue weighted by atomic mass is 9.93. The standard InChI is InChI=1S/C32H38N2O5/c1-24(2)19-28(32(37)39-23-25-9-4-3-5-10-25)20-30(35)34(22-31(36)33-15-17-38-18-16-33)21-27-13-8-12-26-11-6-7-14-29(26)27/h3-14,24,28H,15-23H2,1-2H3/t28-/m1/s1. The van der Waals surface area contributed by atoms with E-state index in [1.165, 1.54) is 0 Å². The first-order valence-corrected chi connectivity index (χ1v) is 13.7. The Labute approximate surface area is 230 Å². The lowest BCUT2D eigenvalue weighted by molar-refractivity contribution is -0.154. The largest absolute Gasteiger partial charge is 0.461 e. The number of fused-ring (bicyclic) bond motifs is 1. The number of carbonyl (C=O) groups excluding carboxylic acids is 3. The third-order valence-electron chi connectivity index (χ3n) is 7.02. The molecule has 0 aromatic heterocycles. The predicted octanol–water partition coefficient (Wildman–Crippen LogP) is 4.82. The van der Waals surface area contributed by atoms with E-state index >= 15 is 0 Å². The van der Waals surface area contributed by atoms with E-state index < -0.39 is 5.92 Å². The minimum absolute atomic E-state index is 0.00698. The van der Waals surface area contributed by atoms with Gasteiger partial charge in [0.1, 0.15) is 13.2 Å². The molecule has 0 saturated carbocycles. The number of rotatable bonds is 11. The van der Waals surface area contributed by atoms with Gasteiger partial charge in [-0.25, -0.2) is 0 Å². The molecule has 0 bridgehead atoms. The topological polar surface area (TPSA) is 76.2 Å². The van der Waals surface area contributed by atoms with Gasteiger partial charge >= 0.3 is 5.97 Å². The van der Waals surface area contributed by atoms with Gasteiger partial charge in [-0.1, -0.05) is 86.6 Å². The van der Waals surface area contributed by atoms with Gasteiger partial charge in [0, 0.05) is 26.1 Å². The maximum atomic E-state index is 13.8. The van der Waals surface area contributed by atoms with E-state index in [1.54, 1.807) is 9.80 Å². The van der Waals surface area contributed by atoms with E-state index in [9.17, 15) is 14.4 Å². The van der Waals surface area contributed by atoms with E-state index in [1.807, 2.05) is 86.6 Å². The Kier molecular flexibility index (Phi) is 10.1. The molecule has 1 aliphatic heterocycles. The van der Waals surface area contributed by atoms with Crippen LogP contribution in [0.1, 0.15) is 37.8 Å². The lowest BCUT2D eigenvalue weighted by Gasteiger charge is -2.31. The molecule has 0 spiro atoms. The molecule has 1 saturated heterocycles. The van der Waals surface area contributed by atoms with Crippen LogP contribution in [0.25, 0.3) is 10.8 Å². The first kappa shape index (κ1) is 28.3. The Morgan fingerprint density at radius 3 is 2.36 bits per heavy atom. The van der Waals surface area contributed by atoms with Crippen LogP contribution in [0.15, 0.2) is 72.8 Å². The first-order valence-electron chi connectivity index (χ1n) is 13.7. The molecule has 4 rings (SSSR count). The van der Waals surface area contributed by atoms with Gasteiger partial charge in [-0.15, -0.1) is 0 Å². The number of morpholine rings is 1. The number of hydrogen-bond acceptors (Lipinski definition) is 5. The number of hydrogen-bond donors (Lipinski definition) is 0. The third-order valence-corrected chi connectivity index (χ3v) is 7.02. The maximum Gasteiger partial charge on any atom is 0.309 e. The number of amides is 2. The highest BCUT2D eigenvalue weighted by molar-refractivity contribution is 5.89. The Bertz CT molecular complexity index is 1250. The van der Waals surface area contributed by atoms with Gasteiger partial charge in [-0.05, 0) is 34.2 Å². The Morgan fingerprint density at radius 1 is 0.923 bits per heavy atom. The monoisotopic (exact) mass is 530 g/mol. The predicted molar refractivity (Wildman–Crippen MR) is 151 cm³/mol. The molecule has 0 aliphatic carbocycles. The molecule has 1 aliphatic rings. The van der Waals surface area contributed by atoms with Crippen LogP contribution in [-0.4, -0.2) is 60.4 Å². The molecule has 2 amide bonds. The highest BCUT2D eigenvalue weighted by atomic mass is 16.5. The van der Waals surface area contributed by atoms with Crippen LogP contribution in [0.2, 0.25) is 0 Å². The van der Waals surface area contributed by atoms with E-state index in [4.69, 9.17) is 9.47 Å². The first-order chi connectivity index (χ1) is 18.9. The molecule has 3 aromatic carbocycles. The van der Waals surface area contributed by atoms with Crippen LogP contribution < -0.4 is 0 Å². The number of benzene rings is 3.